The van der Waals surface area contributed by atoms with Gasteiger partial charge in [-0.1, -0.05) is 6.07 Å². The van der Waals surface area contributed by atoms with Gasteiger partial charge in [0, 0.05) is 30.0 Å². The van der Waals surface area contributed by atoms with Gasteiger partial charge in [0.2, 0.25) is 0 Å². The third kappa shape index (κ3) is 2.69. The Hall–Kier alpha value is -1.70. The molecule has 1 fully saturated rings. The van der Waals surface area contributed by atoms with Crippen LogP contribution in [0.2, 0.25) is 0 Å². The molecule has 2 aromatic rings. The summed E-state index contributed by atoms with van der Waals surface area (Å²) in [5, 5.41) is 6.93. The quantitative estimate of drug-likeness (QED) is 0.866. The monoisotopic (exact) mass is 348 g/mol. The fourth-order valence-electron chi connectivity index (χ4n) is 3.45. The lowest BCUT2D eigenvalue weighted by molar-refractivity contribution is -0.919. The highest BCUT2D eigenvalue weighted by atomic mass is 32.1. The highest BCUT2D eigenvalue weighted by molar-refractivity contribution is 7.10. The molecule has 1 unspecified atom stereocenters. The Morgan fingerprint density at radius 3 is 3.00 bits per heavy atom. The molecule has 0 spiro atoms. The minimum atomic E-state index is -0.254. The van der Waals surface area contributed by atoms with Gasteiger partial charge in [0.1, 0.15) is 6.04 Å². The molecule has 2 aliphatic heterocycles. The van der Waals surface area contributed by atoms with Crippen LogP contribution in [0.3, 0.4) is 0 Å². The van der Waals surface area contributed by atoms with Gasteiger partial charge in [0.15, 0.2) is 6.54 Å². The van der Waals surface area contributed by atoms with E-state index in [-0.39, 0.29) is 18.0 Å². The number of rotatable bonds is 3. The Morgan fingerprint density at radius 1 is 1.35 bits per heavy atom. The van der Waals surface area contributed by atoms with Gasteiger partial charge in [-0.15, -0.1) is 22.7 Å². The number of hydrogen-bond donors (Lipinski definition) is 2. The van der Waals surface area contributed by atoms with E-state index >= 15 is 0 Å². The van der Waals surface area contributed by atoms with Crippen molar-refractivity contribution in [2.24, 2.45) is 0 Å². The smallest absolute Gasteiger partial charge is 0.324 e. The van der Waals surface area contributed by atoms with Crippen LogP contribution in [0, 0.1) is 0 Å². The van der Waals surface area contributed by atoms with E-state index in [4.69, 9.17) is 0 Å². The predicted molar refractivity (Wildman–Crippen MR) is 90.0 cm³/mol. The zero-order valence-corrected chi connectivity index (χ0v) is 14.2. The van der Waals surface area contributed by atoms with Crippen molar-refractivity contribution in [1.82, 2.24) is 10.2 Å². The molecule has 2 aromatic heterocycles. The normalized spacial score (nSPS) is 23.7. The summed E-state index contributed by atoms with van der Waals surface area (Å²) in [6, 6.07) is 6.36. The first-order chi connectivity index (χ1) is 11.2. The molecule has 2 N–H and O–H groups in total. The van der Waals surface area contributed by atoms with Crippen LogP contribution in [0.1, 0.15) is 21.4 Å². The van der Waals surface area contributed by atoms with Crippen LogP contribution >= 0.6 is 22.7 Å². The van der Waals surface area contributed by atoms with E-state index in [1.54, 1.807) is 22.7 Å². The van der Waals surface area contributed by atoms with Crippen LogP contribution in [-0.4, -0.2) is 43.0 Å². The minimum Gasteiger partial charge on any atom is -0.336 e. The summed E-state index contributed by atoms with van der Waals surface area (Å²) in [6.45, 7) is 2.34. The summed E-state index contributed by atoms with van der Waals surface area (Å²) in [5.74, 6) is -0.0739. The Bertz CT molecular complexity index is 726. The fourth-order valence-corrected chi connectivity index (χ4v) is 5.27. The molecule has 3 amide bonds. The molecular weight excluding hydrogens is 330 g/mol. The number of nitrogens with zero attached hydrogens (tertiary/aromatic N) is 1. The van der Waals surface area contributed by atoms with E-state index in [2.05, 4.69) is 34.3 Å². The summed E-state index contributed by atoms with van der Waals surface area (Å²) in [5.41, 5.74) is 1.34. The summed E-state index contributed by atoms with van der Waals surface area (Å²) >= 11 is 3.54. The maximum atomic E-state index is 12.5. The molecule has 4 rings (SSSR count). The number of carbonyl (C=O) groups is 2. The Kier molecular flexibility index (Phi) is 3.92. The predicted octanol–water partition coefficient (Wildman–Crippen LogP) is 0.892. The van der Waals surface area contributed by atoms with Crippen molar-refractivity contribution < 1.29 is 14.5 Å². The molecule has 4 heterocycles. The molecule has 0 radical (unpaired) electrons. The van der Waals surface area contributed by atoms with Crippen molar-refractivity contribution in [2.75, 3.05) is 26.2 Å². The number of fused-ring (bicyclic) bond motifs is 1. The zero-order chi connectivity index (χ0) is 15.8. The van der Waals surface area contributed by atoms with E-state index in [0.717, 1.165) is 13.0 Å². The van der Waals surface area contributed by atoms with E-state index < -0.39 is 0 Å². The molecular formula is C16H18N3O2S2+. The molecule has 0 saturated carbocycles. The molecule has 0 aromatic carbocycles. The lowest BCUT2D eigenvalue weighted by Crippen LogP contribution is -3.14. The Morgan fingerprint density at radius 2 is 2.26 bits per heavy atom. The van der Waals surface area contributed by atoms with E-state index in [1.165, 1.54) is 25.1 Å². The van der Waals surface area contributed by atoms with Crippen LogP contribution in [0.5, 0.6) is 0 Å². The van der Waals surface area contributed by atoms with Gasteiger partial charge in [0.25, 0.3) is 5.91 Å². The maximum Gasteiger partial charge on any atom is 0.324 e. The third-order valence-corrected chi connectivity index (χ3v) is 6.47. The molecule has 0 aliphatic carbocycles. The first-order valence-corrected chi connectivity index (χ1v) is 9.52. The first kappa shape index (κ1) is 14.9. The molecule has 0 bridgehead atoms. The summed E-state index contributed by atoms with van der Waals surface area (Å²) in [4.78, 5) is 29.6. The highest BCUT2D eigenvalue weighted by Crippen LogP contribution is 2.31. The number of nitrogens with one attached hydrogen (secondary N) is 2. The number of imide groups is 1. The molecule has 7 heteroatoms. The summed E-state index contributed by atoms with van der Waals surface area (Å²) in [6.07, 6.45) is 1.00. The maximum absolute atomic E-state index is 12.5. The van der Waals surface area contributed by atoms with Crippen molar-refractivity contribution in [3.63, 3.8) is 0 Å². The molecule has 2 aliphatic rings. The molecule has 5 nitrogen and oxygen atoms in total. The average molecular weight is 348 g/mol. The summed E-state index contributed by atoms with van der Waals surface area (Å²) in [7, 11) is 0. The van der Waals surface area contributed by atoms with Gasteiger partial charge < -0.3 is 10.2 Å². The van der Waals surface area contributed by atoms with Crippen LogP contribution < -0.4 is 10.2 Å². The number of thiophene rings is 2. The number of urea groups is 1. The lowest BCUT2D eigenvalue weighted by Gasteiger charge is -2.32. The topological polar surface area (TPSA) is 53.9 Å². The van der Waals surface area contributed by atoms with Crippen LogP contribution in [0.15, 0.2) is 29.0 Å². The second-order valence-corrected chi connectivity index (χ2v) is 7.84. The van der Waals surface area contributed by atoms with Crippen LogP contribution in [0.4, 0.5) is 4.79 Å². The zero-order valence-electron chi connectivity index (χ0n) is 12.6. The molecule has 23 heavy (non-hydrogen) atoms. The standard InChI is InChI=1S/C16H17N3O2S2/c20-14(19-7-5-17-16(19)21)10-18-6-3-12-11(4-9-23-12)15(18)13-2-1-8-22-13/h1-2,4,8-9,15H,3,5-7,10H2,(H,17,21)/p+1/t15-/m1/s1. The van der Waals surface area contributed by atoms with Crippen molar-refractivity contribution in [3.8, 4) is 0 Å². The second-order valence-electron chi connectivity index (χ2n) is 5.86. The van der Waals surface area contributed by atoms with Crippen molar-refractivity contribution in [3.05, 3.63) is 44.3 Å². The van der Waals surface area contributed by atoms with E-state index in [9.17, 15) is 9.59 Å². The molecule has 120 valence electrons. The van der Waals surface area contributed by atoms with Crippen molar-refractivity contribution in [1.29, 1.82) is 0 Å². The Balaban J connectivity index is 1.60. The average Bonchev–Trinajstić information content (AvgIpc) is 3.27. The number of quaternary nitrogens is 1. The van der Waals surface area contributed by atoms with E-state index in [0.29, 0.717) is 19.6 Å². The van der Waals surface area contributed by atoms with Gasteiger partial charge >= 0.3 is 6.03 Å². The second kappa shape index (κ2) is 6.07. The van der Waals surface area contributed by atoms with Crippen molar-refractivity contribution in [2.45, 2.75) is 12.5 Å². The molecule has 1 saturated heterocycles. The van der Waals surface area contributed by atoms with Crippen molar-refractivity contribution >= 4 is 34.6 Å². The fraction of sp³-hybridized carbons (Fsp3) is 0.375. The van der Waals surface area contributed by atoms with Crippen LogP contribution in [-0.2, 0) is 11.2 Å². The lowest BCUT2D eigenvalue weighted by atomic mass is 9.98. The highest BCUT2D eigenvalue weighted by Gasteiger charge is 2.37. The third-order valence-electron chi connectivity index (χ3n) is 4.54. The summed E-state index contributed by atoms with van der Waals surface area (Å²) < 4.78 is 0. The Labute approximate surface area is 142 Å². The number of hydrogen-bond acceptors (Lipinski definition) is 4. The van der Waals surface area contributed by atoms with Gasteiger partial charge in [-0.2, -0.15) is 0 Å². The van der Waals surface area contributed by atoms with Gasteiger partial charge in [-0.25, -0.2) is 4.79 Å². The largest absolute Gasteiger partial charge is 0.336 e. The molecule has 2 atom stereocenters. The first-order valence-electron chi connectivity index (χ1n) is 7.76. The number of carbonyl (C=O) groups excluding carboxylic acids is 2. The van der Waals surface area contributed by atoms with Crippen LogP contribution in [0.25, 0.3) is 0 Å². The minimum absolute atomic E-state index is 0.0739. The van der Waals surface area contributed by atoms with E-state index in [1.807, 2.05) is 0 Å². The van der Waals surface area contributed by atoms with Gasteiger partial charge in [0.05, 0.1) is 11.4 Å². The van der Waals surface area contributed by atoms with Gasteiger partial charge in [-0.05, 0) is 22.9 Å². The van der Waals surface area contributed by atoms with Gasteiger partial charge in [-0.3, -0.25) is 9.69 Å². The SMILES string of the molecule is O=C(C[NH+]1CCc2sccc2[C@@H]1c1cccs1)N1CCNC1=O. The number of amides is 3.